The second kappa shape index (κ2) is 5.32. The third-order valence-corrected chi connectivity index (χ3v) is 4.80. The summed E-state index contributed by atoms with van der Waals surface area (Å²) in [4.78, 5) is 14.8. The van der Waals surface area contributed by atoms with Gasteiger partial charge in [0.2, 0.25) is 5.91 Å². The summed E-state index contributed by atoms with van der Waals surface area (Å²) in [6.45, 7) is 6.26. The molecule has 3 rings (SSSR count). The molecule has 0 radical (unpaired) electrons. The number of aliphatic hydroxyl groups is 1. The molecule has 1 aromatic rings. The minimum Gasteiger partial charge on any atom is -0.485 e. The van der Waals surface area contributed by atoms with Crippen LogP contribution in [0.2, 0.25) is 0 Å². The van der Waals surface area contributed by atoms with Gasteiger partial charge in [-0.25, -0.2) is 0 Å². The summed E-state index contributed by atoms with van der Waals surface area (Å²) < 4.78 is 5.96. The topological polar surface area (TPSA) is 49.8 Å². The van der Waals surface area contributed by atoms with Crippen LogP contribution in [0.1, 0.15) is 50.8 Å². The minimum atomic E-state index is -0.775. The first-order valence-electron chi connectivity index (χ1n) is 7.62. The molecule has 4 nitrogen and oxygen atoms in total. The zero-order valence-corrected chi connectivity index (χ0v) is 13.9. The number of hydrogen-bond donors (Lipinski definition) is 1. The van der Waals surface area contributed by atoms with Crippen LogP contribution in [-0.4, -0.2) is 39.0 Å². The molecule has 2 aliphatic heterocycles. The fraction of sp³-hybridized carbons (Fsp3) is 0.529. The summed E-state index contributed by atoms with van der Waals surface area (Å²) in [5.41, 5.74) is 1.04. The third-order valence-electron chi connectivity index (χ3n) is 4.57. The van der Waals surface area contributed by atoms with Gasteiger partial charge in [-0.2, -0.15) is 0 Å². The van der Waals surface area contributed by atoms with E-state index in [1.807, 2.05) is 39.0 Å². The quantitative estimate of drug-likeness (QED) is 0.672. The Balaban J connectivity index is 2.12. The number of rotatable bonds is 2. The highest BCUT2D eigenvalue weighted by atomic mass is 32.1. The molecule has 0 saturated carbocycles. The molecule has 0 spiro atoms. The number of carbonyl (C=O) groups excluding carboxylic acids is 1. The SMILES string of the molecule is CC(=S)c1ccc2c(c1)[C@@H](N1CCCC1=O)[C@H](O)C(C)(C)O2. The maximum absolute atomic E-state index is 12.2. The fourth-order valence-corrected chi connectivity index (χ4v) is 3.41. The molecule has 118 valence electrons. The predicted octanol–water partition coefficient (Wildman–Crippen LogP) is 2.62. The van der Waals surface area contributed by atoms with Gasteiger partial charge in [-0.15, -0.1) is 0 Å². The van der Waals surface area contributed by atoms with Crippen LogP contribution < -0.4 is 4.74 Å². The maximum atomic E-state index is 12.2. The number of fused-ring (bicyclic) bond motifs is 1. The van der Waals surface area contributed by atoms with Crippen molar-refractivity contribution in [3.63, 3.8) is 0 Å². The van der Waals surface area contributed by atoms with E-state index in [2.05, 4.69) is 0 Å². The lowest BCUT2D eigenvalue weighted by molar-refractivity contribution is -0.139. The van der Waals surface area contributed by atoms with Crippen LogP contribution in [0.5, 0.6) is 5.75 Å². The first-order chi connectivity index (χ1) is 10.3. The number of hydrogen-bond acceptors (Lipinski definition) is 4. The molecular weight excluding hydrogens is 298 g/mol. The van der Waals surface area contributed by atoms with Gasteiger partial charge in [0.25, 0.3) is 0 Å². The van der Waals surface area contributed by atoms with Crippen molar-refractivity contribution in [2.24, 2.45) is 0 Å². The van der Waals surface area contributed by atoms with E-state index in [4.69, 9.17) is 17.0 Å². The molecule has 1 fully saturated rings. The van der Waals surface area contributed by atoms with E-state index in [1.54, 1.807) is 4.90 Å². The highest BCUT2D eigenvalue weighted by Crippen LogP contribution is 2.44. The Labute approximate surface area is 136 Å². The molecule has 0 bridgehead atoms. The summed E-state index contributed by atoms with van der Waals surface area (Å²) in [5, 5.41) is 10.8. The van der Waals surface area contributed by atoms with Crippen molar-refractivity contribution < 1.29 is 14.6 Å². The van der Waals surface area contributed by atoms with E-state index < -0.39 is 11.7 Å². The molecule has 2 atom stereocenters. The molecule has 1 amide bonds. The average Bonchev–Trinajstić information content (AvgIpc) is 2.85. The molecule has 22 heavy (non-hydrogen) atoms. The number of thiocarbonyl (C=S) groups is 1. The highest BCUT2D eigenvalue weighted by Gasteiger charge is 2.47. The molecule has 0 unspecified atom stereocenters. The van der Waals surface area contributed by atoms with Crippen molar-refractivity contribution >= 4 is 23.0 Å². The van der Waals surface area contributed by atoms with Crippen LogP contribution in [-0.2, 0) is 4.79 Å². The predicted molar refractivity (Wildman–Crippen MR) is 88.2 cm³/mol. The van der Waals surface area contributed by atoms with Gasteiger partial charge in [-0.05, 0) is 44.9 Å². The maximum Gasteiger partial charge on any atom is 0.223 e. The lowest BCUT2D eigenvalue weighted by atomic mass is 9.85. The lowest BCUT2D eigenvalue weighted by Crippen LogP contribution is -2.53. The van der Waals surface area contributed by atoms with Crippen LogP contribution in [0.4, 0.5) is 0 Å². The molecule has 1 saturated heterocycles. The first-order valence-corrected chi connectivity index (χ1v) is 8.03. The van der Waals surface area contributed by atoms with Gasteiger partial charge in [-0.3, -0.25) is 4.79 Å². The Morgan fingerprint density at radius 1 is 1.45 bits per heavy atom. The van der Waals surface area contributed by atoms with Crippen molar-refractivity contribution in [3.8, 4) is 5.75 Å². The Hall–Kier alpha value is -1.46. The Morgan fingerprint density at radius 2 is 2.18 bits per heavy atom. The van der Waals surface area contributed by atoms with Crippen LogP contribution in [0.25, 0.3) is 0 Å². The number of aliphatic hydroxyl groups excluding tert-OH is 1. The summed E-state index contributed by atoms with van der Waals surface area (Å²) in [5.74, 6) is 0.817. The standard InChI is InChI=1S/C17H21NO3S/c1-10(22)11-6-7-13-12(9-11)15(16(20)17(2,3)21-13)18-8-4-5-14(18)19/h6-7,9,15-16,20H,4-5,8H2,1-3H3/t15-,16+/m1/s1. The minimum absolute atomic E-state index is 0.0946. The third kappa shape index (κ3) is 2.42. The molecular formula is C17H21NO3S. The lowest BCUT2D eigenvalue weighted by Gasteiger charge is -2.45. The van der Waals surface area contributed by atoms with Crippen LogP contribution in [0.15, 0.2) is 18.2 Å². The largest absolute Gasteiger partial charge is 0.485 e. The van der Waals surface area contributed by atoms with E-state index in [0.29, 0.717) is 13.0 Å². The molecule has 0 aliphatic carbocycles. The summed E-state index contributed by atoms with van der Waals surface area (Å²) in [7, 11) is 0. The van der Waals surface area contributed by atoms with Crippen molar-refractivity contribution in [1.82, 2.24) is 4.90 Å². The van der Waals surface area contributed by atoms with Crippen LogP contribution in [0.3, 0.4) is 0 Å². The number of carbonyl (C=O) groups is 1. The van der Waals surface area contributed by atoms with E-state index in [9.17, 15) is 9.90 Å². The van der Waals surface area contributed by atoms with E-state index in [-0.39, 0.29) is 11.9 Å². The van der Waals surface area contributed by atoms with Gasteiger partial charge in [0, 0.05) is 23.4 Å². The van der Waals surface area contributed by atoms with Crippen LogP contribution in [0, 0.1) is 0 Å². The normalized spacial score (nSPS) is 26.5. The fourth-order valence-electron chi connectivity index (χ4n) is 3.29. The average molecular weight is 319 g/mol. The molecule has 0 aromatic heterocycles. The molecule has 2 heterocycles. The number of amides is 1. The second-order valence-electron chi connectivity index (χ2n) is 6.59. The first kappa shape index (κ1) is 15.4. The molecule has 1 aromatic carbocycles. The van der Waals surface area contributed by atoms with Gasteiger partial charge in [0.05, 0.1) is 6.04 Å². The van der Waals surface area contributed by atoms with Crippen LogP contribution >= 0.6 is 12.2 Å². The van der Waals surface area contributed by atoms with Gasteiger partial charge in [0.15, 0.2) is 0 Å². The number of likely N-dealkylation sites (tertiary alicyclic amines) is 1. The smallest absolute Gasteiger partial charge is 0.223 e. The monoisotopic (exact) mass is 319 g/mol. The Kier molecular flexibility index (Phi) is 3.73. The Morgan fingerprint density at radius 3 is 2.77 bits per heavy atom. The number of ether oxygens (including phenoxy) is 1. The van der Waals surface area contributed by atoms with Gasteiger partial charge in [-0.1, -0.05) is 18.3 Å². The summed E-state index contributed by atoms with van der Waals surface area (Å²) >= 11 is 5.25. The summed E-state index contributed by atoms with van der Waals surface area (Å²) in [6.07, 6.45) is 0.610. The zero-order chi connectivity index (χ0) is 16.1. The van der Waals surface area contributed by atoms with Crippen molar-refractivity contribution in [1.29, 1.82) is 0 Å². The Bertz CT molecular complexity index is 641. The van der Waals surface area contributed by atoms with Crippen molar-refractivity contribution in [2.75, 3.05) is 6.54 Å². The van der Waals surface area contributed by atoms with Crippen molar-refractivity contribution in [2.45, 2.75) is 51.4 Å². The number of benzene rings is 1. The van der Waals surface area contributed by atoms with Gasteiger partial charge in [0.1, 0.15) is 17.5 Å². The van der Waals surface area contributed by atoms with Gasteiger partial charge < -0.3 is 14.7 Å². The second-order valence-corrected chi connectivity index (χ2v) is 7.21. The highest BCUT2D eigenvalue weighted by molar-refractivity contribution is 7.80. The summed E-state index contributed by atoms with van der Waals surface area (Å²) in [6, 6.07) is 5.40. The number of nitrogens with zero attached hydrogens (tertiary/aromatic N) is 1. The molecule has 2 aliphatic rings. The van der Waals surface area contributed by atoms with E-state index in [0.717, 1.165) is 28.2 Å². The van der Waals surface area contributed by atoms with E-state index >= 15 is 0 Å². The molecule has 5 heteroatoms. The van der Waals surface area contributed by atoms with Crippen molar-refractivity contribution in [3.05, 3.63) is 29.3 Å². The zero-order valence-electron chi connectivity index (χ0n) is 13.1. The molecule has 1 N–H and O–H groups in total. The van der Waals surface area contributed by atoms with Gasteiger partial charge >= 0.3 is 0 Å². The van der Waals surface area contributed by atoms with E-state index in [1.165, 1.54) is 0 Å².